The molecule has 0 aromatic heterocycles. The largest absolute Gasteiger partial charge is 0.383 e. The van der Waals surface area contributed by atoms with Crippen LogP contribution in [0.2, 0.25) is 0 Å². The van der Waals surface area contributed by atoms with Crippen LogP contribution in [-0.2, 0) is 14.8 Å². The third-order valence-corrected chi connectivity index (χ3v) is 6.95. The fourth-order valence-corrected chi connectivity index (χ4v) is 4.89. The zero-order chi connectivity index (χ0) is 16.0. The van der Waals surface area contributed by atoms with Crippen molar-refractivity contribution in [3.05, 3.63) is 0 Å². The maximum Gasteiger partial charge on any atom is 0.216 e. The van der Waals surface area contributed by atoms with Crippen LogP contribution in [0.3, 0.4) is 0 Å². The summed E-state index contributed by atoms with van der Waals surface area (Å²) in [7, 11) is -1.72. The molecule has 0 aromatic rings. The van der Waals surface area contributed by atoms with E-state index < -0.39 is 15.3 Å². The molecule has 2 rings (SSSR count). The Morgan fingerprint density at radius 2 is 1.77 bits per heavy atom. The molecule has 1 unspecified atom stereocenters. The van der Waals surface area contributed by atoms with E-state index in [1.165, 1.54) is 45.8 Å². The van der Waals surface area contributed by atoms with Crippen LogP contribution < -0.4 is 4.72 Å². The van der Waals surface area contributed by atoms with Gasteiger partial charge < -0.3 is 9.64 Å². The number of ether oxygens (including phenoxy) is 1. The lowest BCUT2D eigenvalue weighted by Crippen LogP contribution is -2.48. The molecule has 5 nitrogen and oxygen atoms in total. The average molecular weight is 333 g/mol. The molecular formula is C16H32N2O3S. The third kappa shape index (κ3) is 5.48. The Morgan fingerprint density at radius 3 is 2.36 bits per heavy atom. The molecule has 22 heavy (non-hydrogen) atoms. The molecule has 1 heterocycles. The van der Waals surface area contributed by atoms with Crippen molar-refractivity contribution >= 4 is 10.0 Å². The predicted octanol–water partition coefficient (Wildman–Crippen LogP) is 1.99. The van der Waals surface area contributed by atoms with E-state index >= 15 is 0 Å². The maximum absolute atomic E-state index is 12.2. The van der Waals surface area contributed by atoms with E-state index in [2.05, 4.69) is 9.62 Å². The lowest BCUT2D eigenvalue weighted by Gasteiger charge is -2.35. The molecule has 1 N–H and O–H groups in total. The third-order valence-electron chi connectivity index (χ3n) is 5.09. The molecule has 1 atom stereocenters. The molecule has 0 bridgehead atoms. The summed E-state index contributed by atoms with van der Waals surface area (Å²) in [5.41, 5.74) is 0. The minimum absolute atomic E-state index is 0.0897. The van der Waals surface area contributed by atoms with E-state index in [0.717, 1.165) is 31.8 Å². The van der Waals surface area contributed by atoms with E-state index in [-0.39, 0.29) is 12.6 Å². The van der Waals surface area contributed by atoms with Crippen LogP contribution in [0.5, 0.6) is 0 Å². The van der Waals surface area contributed by atoms with Gasteiger partial charge in [0.1, 0.15) is 0 Å². The van der Waals surface area contributed by atoms with Gasteiger partial charge in [-0.05, 0) is 51.6 Å². The zero-order valence-corrected chi connectivity index (χ0v) is 14.9. The Balaban J connectivity index is 1.72. The standard InChI is InChI=1S/C16H32N2O3S/c1-14(13-21-2)22(19,20)17-16-8-10-18(11-9-16)12-15-6-4-3-5-7-15/h14-17H,3-13H2,1-2H3. The van der Waals surface area contributed by atoms with Gasteiger partial charge in [0.2, 0.25) is 10.0 Å². The maximum atomic E-state index is 12.2. The summed E-state index contributed by atoms with van der Waals surface area (Å²) in [6.07, 6.45) is 8.77. The number of hydrogen-bond donors (Lipinski definition) is 1. The molecule has 1 aliphatic carbocycles. The summed E-state index contributed by atoms with van der Waals surface area (Å²) < 4.78 is 32.2. The Labute approximate surface area is 135 Å². The second-order valence-electron chi connectivity index (χ2n) is 7.01. The number of nitrogens with one attached hydrogen (secondary N) is 1. The van der Waals surface area contributed by atoms with E-state index in [0.29, 0.717) is 0 Å². The van der Waals surface area contributed by atoms with Crippen molar-refractivity contribution in [1.29, 1.82) is 0 Å². The van der Waals surface area contributed by atoms with Gasteiger partial charge in [-0.25, -0.2) is 13.1 Å². The van der Waals surface area contributed by atoms with Crippen LogP contribution in [0, 0.1) is 5.92 Å². The fourth-order valence-electron chi connectivity index (χ4n) is 3.64. The molecule has 2 fully saturated rings. The van der Waals surface area contributed by atoms with Gasteiger partial charge in [0.05, 0.1) is 11.9 Å². The van der Waals surface area contributed by atoms with Crippen LogP contribution in [0.15, 0.2) is 0 Å². The quantitative estimate of drug-likeness (QED) is 0.774. The van der Waals surface area contributed by atoms with Crippen LogP contribution in [0.25, 0.3) is 0 Å². The Hall–Kier alpha value is -0.170. The van der Waals surface area contributed by atoms with Gasteiger partial charge in [-0.1, -0.05) is 19.3 Å². The minimum atomic E-state index is -3.26. The zero-order valence-electron chi connectivity index (χ0n) is 14.1. The second-order valence-corrected chi connectivity index (χ2v) is 9.14. The van der Waals surface area contributed by atoms with Gasteiger partial charge in [0, 0.05) is 19.7 Å². The van der Waals surface area contributed by atoms with Gasteiger partial charge >= 0.3 is 0 Å². The van der Waals surface area contributed by atoms with Crippen molar-refractivity contribution in [3.8, 4) is 0 Å². The first-order valence-corrected chi connectivity index (χ1v) is 10.3. The first kappa shape index (κ1) is 18.2. The molecule has 1 saturated carbocycles. The lowest BCUT2D eigenvalue weighted by atomic mass is 9.88. The van der Waals surface area contributed by atoms with Crippen LogP contribution in [-0.4, -0.2) is 58.0 Å². The van der Waals surface area contributed by atoms with E-state index in [1.807, 2.05) is 0 Å². The monoisotopic (exact) mass is 332 g/mol. The topological polar surface area (TPSA) is 58.6 Å². The van der Waals surface area contributed by atoms with Crippen molar-refractivity contribution in [3.63, 3.8) is 0 Å². The Kier molecular flexibility index (Phi) is 7.12. The summed E-state index contributed by atoms with van der Waals surface area (Å²) in [4.78, 5) is 2.53. The van der Waals surface area contributed by atoms with E-state index in [9.17, 15) is 8.42 Å². The first-order valence-electron chi connectivity index (χ1n) is 8.73. The van der Waals surface area contributed by atoms with Gasteiger partial charge in [0.25, 0.3) is 0 Å². The highest BCUT2D eigenvalue weighted by atomic mass is 32.2. The Morgan fingerprint density at radius 1 is 1.14 bits per heavy atom. The van der Waals surface area contributed by atoms with Crippen molar-refractivity contribution < 1.29 is 13.2 Å². The smallest absolute Gasteiger partial charge is 0.216 e. The first-order chi connectivity index (χ1) is 10.5. The van der Waals surface area contributed by atoms with E-state index in [1.54, 1.807) is 6.92 Å². The van der Waals surface area contributed by atoms with Gasteiger partial charge in [-0.15, -0.1) is 0 Å². The SMILES string of the molecule is COCC(C)S(=O)(=O)NC1CCN(CC2CCCCC2)CC1. The van der Waals surface area contributed by atoms with Crippen LogP contribution in [0.1, 0.15) is 51.9 Å². The molecule has 6 heteroatoms. The summed E-state index contributed by atoms with van der Waals surface area (Å²) >= 11 is 0. The summed E-state index contributed by atoms with van der Waals surface area (Å²) in [6, 6.07) is 0.0897. The second kappa shape index (κ2) is 8.62. The van der Waals surface area contributed by atoms with Gasteiger partial charge in [-0.3, -0.25) is 0 Å². The van der Waals surface area contributed by atoms with E-state index in [4.69, 9.17) is 4.74 Å². The van der Waals surface area contributed by atoms with Crippen LogP contribution >= 0.6 is 0 Å². The highest BCUT2D eigenvalue weighted by molar-refractivity contribution is 7.90. The normalized spacial score (nSPS) is 24.5. The predicted molar refractivity (Wildman–Crippen MR) is 89.4 cm³/mol. The number of sulfonamides is 1. The summed E-state index contributed by atoms with van der Waals surface area (Å²) in [5.74, 6) is 0.865. The van der Waals surface area contributed by atoms with Crippen molar-refractivity contribution in [1.82, 2.24) is 9.62 Å². The molecule has 1 saturated heterocycles. The number of nitrogens with zero attached hydrogens (tertiary/aromatic N) is 1. The molecule has 0 aromatic carbocycles. The molecule has 0 spiro atoms. The molecular weight excluding hydrogens is 300 g/mol. The highest BCUT2D eigenvalue weighted by Gasteiger charge is 2.28. The Bertz CT molecular complexity index is 413. The summed E-state index contributed by atoms with van der Waals surface area (Å²) in [6.45, 7) is 5.18. The summed E-state index contributed by atoms with van der Waals surface area (Å²) in [5, 5.41) is -0.488. The van der Waals surface area contributed by atoms with Crippen molar-refractivity contribution in [2.45, 2.75) is 63.2 Å². The number of rotatable bonds is 7. The fraction of sp³-hybridized carbons (Fsp3) is 1.00. The highest BCUT2D eigenvalue weighted by Crippen LogP contribution is 2.25. The number of methoxy groups -OCH3 is 1. The van der Waals surface area contributed by atoms with Crippen LogP contribution in [0.4, 0.5) is 0 Å². The molecule has 0 amide bonds. The molecule has 1 aliphatic heterocycles. The molecule has 0 radical (unpaired) electrons. The van der Waals surface area contributed by atoms with Crippen molar-refractivity contribution in [2.75, 3.05) is 33.4 Å². The van der Waals surface area contributed by atoms with Crippen molar-refractivity contribution in [2.24, 2.45) is 5.92 Å². The minimum Gasteiger partial charge on any atom is -0.383 e. The number of likely N-dealkylation sites (tertiary alicyclic amines) is 1. The number of hydrogen-bond acceptors (Lipinski definition) is 4. The lowest BCUT2D eigenvalue weighted by molar-refractivity contribution is 0.160. The van der Waals surface area contributed by atoms with Gasteiger partial charge in [0.15, 0.2) is 0 Å². The molecule has 2 aliphatic rings. The number of piperidine rings is 1. The van der Waals surface area contributed by atoms with Gasteiger partial charge in [-0.2, -0.15) is 0 Å². The average Bonchev–Trinajstić information content (AvgIpc) is 2.50. The molecule has 130 valence electrons.